The van der Waals surface area contributed by atoms with Crippen molar-refractivity contribution in [3.05, 3.63) is 0 Å². The number of nitrogens with zero attached hydrogens (tertiary/aromatic N) is 2. The van der Waals surface area contributed by atoms with Gasteiger partial charge in [-0.3, -0.25) is 5.32 Å². The standard InChI is InChI=1S/C3H7N3O2.Al.2H/c1-6-3(8)4-2(7)5-6;;;/h3,8H,1H3,(H2,4,5,7);;;/q;+1;;/p-1. The molecule has 0 aliphatic carbocycles. The Morgan fingerprint density at radius 2 is 2.44 bits per heavy atom. The van der Waals surface area contributed by atoms with Crippen molar-refractivity contribution < 1.29 is 9.90 Å². The van der Waals surface area contributed by atoms with Crippen LogP contribution < -0.4 is 5.32 Å². The van der Waals surface area contributed by atoms with Crippen LogP contribution in [0.3, 0.4) is 0 Å². The van der Waals surface area contributed by atoms with Gasteiger partial charge in [0.15, 0.2) is 0 Å². The molecule has 0 spiro atoms. The predicted molar refractivity (Wildman–Crippen MR) is 32.7 cm³/mol. The number of amides is 2. The summed E-state index contributed by atoms with van der Waals surface area (Å²) < 4.78 is 1.44. The zero-order valence-corrected chi connectivity index (χ0v) is 7.33. The molecule has 1 atom stereocenters. The summed E-state index contributed by atoms with van der Waals surface area (Å²) in [5.74, 6) is 0. The van der Waals surface area contributed by atoms with Crippen molar-refractivity contribution in [2.75, 3.05) is 7.05 Å². The van der Waals surface area contributed by atoms with Crippen molar-refractivity contribution in [2.24, 2.45) is 0 Å². The number of rotatable bonds is 0. The van der Waals surface area contributed by atoms with Crippen LogP contribution in [0.4, 0.5) is 4.79 Å². The van der Waals surface area contributed by atoms with E-state index in [-0.39, 0.29) is 6.03 Å². The molecule has 1 aliphatic rings. The largest absolute Gasteiger partial charge is 0.394 e. The first kappa shape index (κ1) is 6.84. The highest BCUT2D eigenvalue weighted by molar-refractivity contribution is 6.13. The first-order chi connectivity index (χ1) is 4.13. The minimum Gasteiger partial charge on any atom is -0.360 e. The van der Waals surface area contributed by atoms with Crippen LogP contribution in [0.5, 0.6) is 0 Å². The molecule has 2 N–H and O–H groups in total. The molecule has 0 aromatic rings. The Morgan fingerprint density at radius 1 is 1.89 bits per heavy atom. The minimum absolute atomic E-state index is 0.225. The van der Waals surface area contributed by atoms with Crippen molar-refractivity contribution in [3.8, 4) is 0 Å². The molecule has 0 aromatic heterocycles. The summed E-state index contributed by atoms with van der Waals surface area (Å²) >= 11 is 0.596. The maximum absolute atomic E-state index is 10.6. The van der Waals surface area contributed by atoms with Crippen molar-refractivity contribution >= 4 is 22.5 Å². The summed E-state index contributed by atoms with van der Waals surface area (Å²) in [5.41, 5.74) is 0. The first-order valence-electron chi connectivity index (χ1n) is 2.58. The summed E-state index contributed by atoms with van der Waals surface area (Å²) in [4.78, 5) is 10.6. The average Bonchev–Trinajstić information content (AvgIpc) is 1.98. The quantitative estimate of drug-likeness (QED) is 0.376. The Kier molecular flexibility index (Phi) is 1.64. The maximum atomic E-state index is 10.6. The van der Waals surface area contributed by atoms with E-state index in [1.165, 1.54) is 9.00 Å². The molecule has 50 valence electrons. The second kappa shape index (κ2) is 2.16. The van der Waals surface area contributed by atoms with Crippen LogP contribution in [0, 0.1) is 0 Å². The summed E-state index contributed by atoms with van der Waals surface area (Å²) in [6, 6.07) is -0.225. The van der Waals surface area contributed by atoms with Crippen LogP contribution in [0.25, 0.3) is 0 Å². The summed E-state index contributed by atoms with van der Waals surface area (Å²) in [6.07, 6.45) is -0.838. The molecule has 0 saturated carbocycles. The molecule has 1 unspecified atom stereocenters. The zero-order valence-electron chi connectivity index (χ0n) is 5.33. The van der Waals surface area contributed by atoms with Gasteiger partial charge in [-0.05, 0) is 0 Å². The number of aliphatic hydroxyl groups excluding tert-OH is 1. The fourth-order valence-electron chi connectivity index (χ4n) is 0.605. The molecule has 6 heteroatoms. The number of carbonyl (C=O) groups is 1. The molecule has 2 amide bonds. The maximum Gasteiger partial charge on any atom is 0.394 e. The fraction of sp³-hybridized carbons (Fsp3) is 0.667. The molecule has 1 fully saturated rings. The Balaban J connectivity index is 2.65. The highest BCUT2D eigenvalue weighted by atomic mass is 27.1. The van der Waals surface area contributed by atoms with Crippen molar-refractivity contribution in [1.29, 1.82) is 0 Å². The number of nitrogens with one attached hydrogen (secondary N) is 1. The monoisotopic (exact) mass is 145 g/mol. The van der Waals surface area contributed by atoms with E-state index in [2.05, 4.69) is 5.32 Å². The van der Waals surface area contributed by atoms with Gasteiger partial charge in [0.05, 0.1) is 0 Å². The lowest BCUT2D eigenvalue weighted by atomic mass is 10.9. The molecule has 1 aliphatic heterocycles. The molecule has 5 nitrogen and oxygen atoms in total. The van der Waals surface area contributed by atoms with Gasteiger partial charge < -0.3 is 9.10 Å². The van der Waals surface area contributed by atoms with Crippen LogP contribution >= 0.6 is 0 Å². The molecule has 9 heavy (non-hydrogen) atoms. The second-order valence-electron chi connectivity index (χ2n) is 1.92. The van der Waals surface area contributed by atoms with Gasteiger partial charge in [-0.15, -0.1) is 0 Å². The molecule has 0 bridgehead atoms. The van der Waals surface area contributed by atoms with E-state index < -0.39 is 6.35 Å². The normalized spacial score (nSPS) is 28.9. The number of hydrogen-bond donors (Lipinski definition) is 2. The van der Waals surface area contributed by atoms with Gasteiger partial charge in [0.25, 0.3) is 0 Å². The van der Waals surface area contributed by atoms with E-state index in [0.717, 1.165) is 0 Å². The summed E-state index contributed by atoms with van der Waals surface area (Å²) in [7, 11) is 1.65. The topological polar surface area (TPSA) is 55.8 Å². The number of aliphatic hydroxyl groups is 1. The number of hydrogen-bond acceptors (Lipinski definition) is 3. The van der Waals surface area contributed by atoms with Gasteiger partial charge in [0, 0.05) is 7.05 Å². The SMILES string of the molecule is CN1C(O)NC(=O)[N]1[AlH2]. The van der Waals surface area contributed by atoms with Crippen LogP contribution in [0.1, 0.15) is 0 Å². The Morgan fingerprint density at radius 3 is 2.56 bits per heavy atom. The van der Waals surface area contributed by atoms with Crippen LogP contribution in [0.2, 0.25) is 0 Å². The molecule has 1 rings (SSSR count). The summed E-state index contributed by atoms with van der Waals surface area (Å²) in [6.45, 7) is 0. The van der Waals surface area contributed by atoms with Gasteiger partial charge in [-0.1, -0.05) is 0 Å². The Hall–Kier alpha value is -0.278. The average molecular weight is 145 g/mol. The summed E-state index contributed by atoms with van der Waals surface area (Å²) in [5, 5.41) is 12.7. The second-order valence-corrected chi connectivity index (χ2v) is 2.77. The third-order valence-electron chi connectivity index (χ3n) is 1.37. The van der Waals surface area contributed by atoms with Gasteiger partial charge in [0.2, 0.25) is 6.35 Å². The van der Waals surface area contributed by atoms with E-state index in [1.54, 1.807) is 7.05 Å². The molecule has 1 saturated heterocycles. The van der Waals surface area contributed by atoms with E-state index in [4.69, 9.17) is 5.11 Å². The van der Waals surface area contributed by atoms with Crippen molar-refractivity contribution in [2.45, 2.75) is 6.35 Å². The number of hydrazine groups is 1. The Bertz CT molecular complexity index is 141. The zero-order chi connectivity index (χ0) is 7.02. The third-order valence-corrected chi connectivity index (χ3v) is 2.41. The van der Waals surface area contributed by atoms with Gasteiger partial charge in [-0.25, -0.2) is 4.79 Å². The lowest BCUT2D eigenvalue weighted by Crippen LogP contribution is -2.37. The molecular weight excluding hydrogens is 137 g/mol. The third kappa shape index (κ3) is 1.02. The molecule has 1 heterocycles. The Labute approximate surface area is 60.8 Å². The molecule has 0 aromatic carbocycles. The van der Waals surface area contributed by atoms with Crippen LogP contribution in [-0.2, 0) is 0 Å². The van der Waals surface area contributed by atoms with Gasteiger partial charge >= 0.3 is 22.5 Å². The predicted octanol–water partition coefficient (Wildman–Crippen LogP) is -2.32. The van der Waals surface area contributed by atoms with Crippen LogP contribution in [-0.4, -0.2) is 50.0 Å². The first-order valence-corrected chi connectivity index (χ1v) is 3.47. The van der Waals surface area contributed by atoms with Gasteiger partial charge in [0.1, 0.15) is 0 Å². The van der Waals surface area contributed by atoms with E-state index in [9.17, 15) is 4.79 Å². The van der Waals surface area contributed by atoms with E-state index in [0.29, 0.717) is 16.5 Å². The van der Waals surface area contributed by atoms with Gasteiger partial charge in [-0.2, -0.15) is 5.01 Å². The minimum atomic E-state index is -0.838. The fourth-order valence-corrected chi connectivity index (χ4v) is 0.952. The highest BCUT2D eigenvalue weighted by Crippen LogP contribution is 2.01. The lowest BCUT2D eigenvalue weighted by Gasteiger charge is -2.20. The van der Waals surface area contributed by atoms with Crippen LogP contribution in [0.15, 0.2) is 0 Å². The molecular formula is C3H8AlN3O2. The van der Waals surface area contributed by atoms with Crippen molar-refractivity contribution in [1.82, 2.24) is 14.3 Å². The lowest BCUT2D eigenvalue weighted by molar-refractivity contribution is -0.0216. The van der Waals surface area contributed by atoms with E-state index >= 15 is 0 Å². The highest BCUT2D eigenvalue weighted by Gasteiger charge is 2.27. The smallest absolute Gasteiger partial charge is 0.360 e. The molecule has 0 radical (unpaired) electrons. The van der Waals surface area contributed by atoms with E-state index in [1.807, 2.05) is 0 Å². The number of carbonyl (C=O) groups excluding carboxylic acids is 1. The van der Waals surface area contributed by atoms with Crippen molar-refractivity contribution in [3.63, 3.8) is 0 Å². The number of urea groups is 1.